The van der Waals surface area contributed by atoms with E-state index in [2.05, 4.69) is 10.2 Å². The molecule has 0 atom stereocenters. The van der Waals surface area contributed by atoms with Crippen LogP contribution < -0.4 is 0 Å². The molecule has 20 heavy (non-hydrogen) atoms. The topological polar surface area (TPSA) is 38.9 Å². The van der Waals surface area contributed by atoms with Crippen molar-refractivity contribution in [2.45, 2.75) is 13.8 Å². The van der Waals surface area contributed by atoms with E-state index in [0.29, 0.717) is 17.3 Å². The highest BCUT2D eigenvalue weighted by Gasteiger charge is 2.14. The Labute approximate surface area is 116 Å². The van der Waals surface area contributed by atoms with Gasteiger partial charge in [-0.15, -0.1) is 10.2 Å². The van der Waals surface area contributed by atoms with Gasteiger partial charge in [0.2, 0.25) is 11.8 Å². The third-order valence-electron chi connectivity index (χ3n) is 3.10. The Morgan fingerprint density at radius 1 is 0.900 bits per heavy atom. The van der Waals surface area contributed by atoms with Crippen molar-refractivity contribution in [3.63, 3.8) is 0 Å². The molecular formula is C16H13FN2O. The molecule has 4 heteroatoms. The summed E-state index contributed by atoms with van der Waals surface area (Å²) in [6.45, 7) is 3.59. The maximum Gasteiger partial charge on any atom is 0.248 e. The molecule has 0 spiro atoms. The van der Waals surface area contributed by atoms with Crippen molar-refractivity contribution in [3.8, 4) is 22.6 Å². The van der Waals surface area contributed by atoms with Gasteiger partial charge in [-0.2, -0.15) is 0 Å². The molecule has 0 fully saturated rings. The van der Waals surface area contributed by atoms with Crippen LogP contribution in [0.25, 0.3) is 22.6 Å². The molecule has 1 heterocycles. The van der Waals surface area contributed by atoms with Crippen molar-refractivity contribution >= 4 is 0 Å². The number of aryl methyl sites for hydroxylation is 2. The van der Waals surface area contributed by atoms with Gasteiger partial charge in [-0.1, -0.05) is 30.3 Å². The Morgan fingerprint density at radius 3 is 2.30 bits per heavy atom. The first kappa shape index (κ1) is 12.5. The highest BCUT2D eigenvalue weighted by molar-refractivity contribution is 5.80. The van der Waals surface area contributed by atoms with Crippen LogP contribution in [0.4, 0.5) is 4.39 Å². The lowest BCUT2D eigenvalue weighted by atomic mass is 9.98. The predicted octanol–water partition coefficient (Wildman–Crippen LogP) is 4.16. The van der Waals surface area contributed by atoms with E-state index in [1.807, 2.05) is 37.3 Å². The fraction of sp³-hybridized carbons (Fsp3) is 0.125. The van der Waals surface area contributed by atoms with E-state index in [-0.39, 0.29) is 5.82 Å². The van der Waals surface area contributed by atoms with Crippen LogP contribution in [-0.4, -0.2) is 10.2 Å². The van der Waals surface area contributed by atoms with Crippen LogP contribution in [0.5, 0.6) is 0 Å². The first-order valence-electron chi connectivity index (χ1n) is 6.31. The van der Waals surface area contributed by atoms with Gasteiger partial charge in [0, 0.05) is 18.1 Å². The molecule has 0 radical (unpaired) electrons. The molecule has 0 aliphatic rings. The van der Waals surface area contributed by atoms with Crippen molar-refractivity contribution in [2.24, 2.45) is 0 Å². The third-order valence-corrected chi connectivity index (χ3v) is 3.10. The summed E-state index contributed by atoms with van der Waals surface area (Å²) in [7, 11) is 0. The molecule has 0 saturated heterocycles. The molecular weight excluding hydrogens is 255 g/mol. The summed E-state index contributed by atoms with van der Waals surface area (Å²) in [5, 5.41) is 7.83. The number of hydrogen-bond acceptors (Lipinski definition) is 3. The Bertz CT molecular complexity index is 765. The number of hydrogen-bond donors (Lipinski definition) is 0. The first-order valence-corrected chi connectivity index (χ1v) is 6.31. The standard InChI is InChI=1S/C16H13FN2O/c1-10-7-8-13(15(17)9-10)12-5-3-4-6-14(12)16-19-18-11(2)20-16/h3-9H,1-2H3. The minimum atomic E-state index is -0.256. The van der Waals surface area contributed by atoms with Gasteiger partial charge in [-0.25, -0.2) is 4.39 Å². The Morgan fingerprint density at radius 2 is 1.65 bits per heavy atom. The molecule has 0 aliphatic heterocycles. The third kappa shape index (κ3) is 2.20. The summed E-state index contributed by atoms with van der Waals surface area (Å²) < 4.78 is 19.6. The molecule has 2 aromatic carbocycles. The van der Waals surface area contributed by atoms with E-state index < -0.39 is 0 Å². The van der Waals surface area contributed by atoms with Gasteiger partial charge in [0.05, 0.1) is 0 Å². The lowest BCUT2D eigenvalue weighted by Crippen LogP contribution is -1.89. The Balaban J connectivity index is 2.19. The van der Waals surface area contributed by atoms with Crippen molar-refractivity contribution in [3.05, 3.63) is 59.7 Å². The zero-order valence-corrected chi connectivity index (χ0v) is 11.2. The van der Waals surface area contributed by atoms with Crippen LogP contribution in [0.1, 0.15) is 11.5 Å². The molecule has 3 nitrogen and oxygen atoms in total. The summed E-state index contributed by atoms with van der Waals surface area (Å²) >= 11 is 0. The summed E-state index contributed by atoms with van der Waals surface area (Å²) in [5.74, 6) is 0.631. The summed E-state index contributed by atoms with van der Waals surface area (Å²) in [5.41, 5.74) is 2.89. The average Bonchev–Trinajstić information content (AvgIpc) is 2.85. The molecule has 0 amide bonds. The second-order valence-electron chi connectivity index (χ2n) is 4.66. The van der Waals surface area contributed by atoms with Crippen molar-refractivity contribution in [1.29, 1.82) is 0 Å². The lowest BCUT2D eigenvalue weighted by molar-refractivity contribution is 0.533. The molecule has 0 aliphatic carbocycles. The first-order chi connectivity index (χ1) is 9.65. The van der Waals surface area contributed by atoms with Gasteiger partial charge in [0.1, 0.15) is 5.82 Å². The molecule has 0 N–H and O–H groups in total. The van der Waals surface area contributed by atoms with E-state index in [0.717, 1.165) is 16.7 Å². The van der Waals surface area contributed by atoms with Gasteiger partial charge in [0.25, 0.3) is 0 Å². The maximum atomic E-state index is 14.2. The van der Waals surface area contributed by atoms with Gasteiger partial charge >= 0.3 is 0 Å². The minimum Gasteiger partial charge on any atom is -0.421 e. The number of halogens is 1. The molecule has 0 unspecified atom stereocenters. The fourth-order valence-corrected chi connectivity index (χ4v) is 2.15. The Hall–Kier alpha value is -2.49. The number of benzene rings is 2. The number of rotatable bonds is 2. The van der Waals surface area contributed by atoms with E-state index in [1.165, 1.54) is 6.07 Å². The lowest BCUT2D eigenvalue weighted by Gasteiger charge is -2.08. The van der Waals surface area contributed by atoms with Crippen LogP contribution in [-0.2, 0) is 0 Å². The highest BCUT2D eigenvalue weighted by atomic mass is 19.1. The van der Waals surface area contributed by atoms with E-state index in [1.54, 1.807) is 13.0 Å². The SMILES string of the molecule is Cc1ccc(-c2ccccc2-c2nnc(C)o2)c(F)c1. The van der Waals surface area contributed by atoms with Crippen molar-refractivity contribution in [2.75, 3.05) is 0 Å². The van der Waals surface area contributed by atoms with Crippen LogP contribution in [0.2, 0.25) is 0 Å². The number of aromatic nitrogens is 2. The van der Waals surface area contributed by atoms with Crippen molar-refractivity contribution in [1.82, 2.24) is 10.2 Å². The van der Waals surface area contributed by atoms with Crippen LogP contribution in [0.15, 0.2) is 46.9 Å². The molecule has 0 bridgehead atoms. The minimum absolute atomic E-state index is 0.256. The summed E-state index contributed by atoms with van der Waals surface area (Å²) in [4.78, 5) is 0. The zero-order valence-electron chi connectivity index (χ0n) is 11.2. The summed E-state index contributed by atoms with van der Waals surface area (Å²) in [6, 6.07) is 12.6. The highest BCUT2D eigenvalue weighted by Crippen LogP contribution is 2.32. The second-order valence-corrected chi connectivity index (χ2v) is 4.66. The molecule has 1 aromatic heterocycles. The zero-order chi connectivity index (χ0) is 14.1. The van der Waals surface area contributed by atoms with Gasteiger partial charge < -0.3 is 4.42 Å². The van der Waals surface area contributed by atoms with Gasteiger partial charge in [0.15, 0.2) is 0 Å². The van der Waals surface area contributed by atoms with Crippen LogP contribution in [0.3, 0.4) is 0 Å². The Kier molecular flexibility index (Phi) is 3.06. The summed E-state index contributed by atoms with van der Waals surface area (Å²) in [6.07, 6.45) is 0. The van der Waals surface area contributed by atoms with Crippen molar-refractivity contribution < 1.29 is 8.81 Å². The van der Waals surface area contributed by atoms with E-state index >= 15 is 0 Å². The van der Waals surface area contributed by atoms with Gasteiger partial charge in [-0.05, 0) is 30.2 Å². The van der Waals surface area contributed by atoms with Crippen LogP contribution >= 0.6 is 0 Å². The second kappa shape index (κ2) is 4.89. The number of nitrogens with zero attached hydrogens (tertiary/aromatic N) is 2. The van der Waals surface area contributed by atoms with E-state index in [4.69, 9.17) is 4.42 Å². The molecule has 0 saturated carbocycles. The predicted molar refractivity (Wildman–Crippen MR) is 74.6 cm³/mol. The quantitative estimate of drug-likeness (QED) is 0.700. The van der Waals surface area contributed by atoms with E-state index in [9.17, 15) is 4.39 Å². The normalized spacial score (nSPS) is 10.8. The smallest absolute Gasteiger partial charge is 0.248 e. The van der Waals surface area contributed by atoms with Crippen LogP contribution in [0, 0.1) is 19.7 Å². The molecule has 3 aromatic rings. The molecule has 100 valence electrons. The van der Waals surface area contributed by atoms with Gasteiger partial charge in [-0.3, -0.25) is 0 Å². The fourth-order valence-electron chi connectivity index (χ4n) is 2.15. The monoisotopic (exact) mass is 268 g/mol. The maximum absolute atomic E-state index is 14.2. The largest absolute Gasteiger partial charge is 0.421 e. The molecule has 3 rings (SSSR count). The average molecular weight is 268 g/mol.